The number of carbonyl (C=O) groups excluding carboxylic acids is 3. The van der Waals surface area contributed by atoms with Crippen molar-refractivity contribution in [2.75, 3.05) is 6.61 Å². The lowest BCUT2D eigenvalue weighted by atomic mass is 9.91. The van der Waals surface area contributed by atoms with Crippen LogP contribution in [0.15, 0.2) is 0 Å². The number of hydrogen-bond donors (Lipinski definition) is 4. The van der Waals surface area contributed by atoms with E-state index in [0.717, 1.165) is 0 Å². The summed E-state index contributed by atoms with van der Waals surface area (Å²) in [5.41, 5.74) is 2.41. The van der Waals surface area contributed by atoms with Crippen LogP contribution in [0.2, 0.25) is 0 Å². The van der Waals surface area contributed by atoms with Crippen molar-refractivity contribution >= 4 is 17.7 Å². The maximum absolute atomic E-state index is 12.8. The first-order chi connectivity index (χ1) is 13.1. The second-order valence-electron chi connectivity index (χ2n) is 6.85. The summed E-state index contributed by atoms with van der Waals surface area (Å²) in [6, 6.07) is 0. The van der Waals surface area contributed by atoms with Crippen LogP contribution < -0.4 is 10.7 Å². The molecule has 5 unspecified atom stereocenters. The van der Waals surface area contributed by atoms with E-state index in [1.165, 1.54) is 0 Å². The molecular formula is C16H24F3N3O6. The van der Waals surface area contributed by atoms with Crippen LogP contribution in [0.4, 0.5) is 13.2 Å². The van der Waals surface area contributed by atoms with E-state index < -0.39 is 60.9 Å². The average Bonchev–Trinajstić information content (AvgIpc) is 3.14. The van der Waals surface area contributed by atoms with Crippen LogP contribution >= 0.6 is 0 Å². The zero-order valence-electron chi connectivity index (χ0n) is 15.2. The van der Waals surface area contributed by atoms with Crippen LogP contribution in [0.25, 0.3) is 0 Å². The van der Waals surface area contributed by atoms with Crippen molar-refractivity contribution < 1.29 is 42.5 Å². The van der Waals surface area contributed by atoms with Gasteiger partial charge >= 0.3 is 12.1 Å². The number of imide groups is 1. The fraction of sp³-hybridized carbons (Fsp3) is 0.812. The Bertz CT molecular complexity index is 587. The van der Waals surface area contributed by atoms with Gasteiger partial charge in [-0.05, 0) is 6.42 Å². The first kappa shape index (κ1) is 22.5. The number of halogens is 3. The Morgan fingerprint density at radius 2 is 1.93 bits per heavy atom. The molecule has 4 N–H and O–H groups in total. The number of alkyl halides is 3. The molecule has 2 heterocycles. The zero-order chi connectivity index (χ0) is 21.1. The highest BCUT2D eigenvalue weighted by atomic mass is 19.4. The summed E-state index contributed by atoms with van der Waals surface area (Å²) in [7, 11) is 0. The second kappa shape index (κ2) is 9.16. The molecule has 2 saturated heterocycles. The van der Waals surface area contributed by atoms with Gasteiger partial charge < -0.3 is 20.3 Å². The maximum atomic E-state index is 12.8. The van der Waals surface area contributed by atoms with Crippen LogP contribution in [-0.4, -0.2) is 70.2 Å². The minimum absolute atomic E-state index is 0.0256. The molecule has 0 saturated carbocycles. The minimum Gasteiger partial charge on any atom is -0.394 e. The molecule has 0 aliphatic carbocycles. The number of ether oxygens (including phenoxy) is 1. The van der Waals surface area contributed by atoms with E-state index in [0.29, 0.717) is 11.4 Å². The van der Waals surface area contributed by atoms with Gasteiger partial charge in [-0.1, -0.05) is 13.3 Å². The highest BCUT2D eigenvalue weighted by Crippen LogP contribution is 2.31. The summed E-state index contributed by atoms with van der Waals surface area (Å²) in [5, 5.41) is 21.6. The quantitative estimate of drug-likeness (QED) is 0.315. The fourth-order valence-electron chi connectivity index (χ4n) is 3.42. The predicted octanol–water partition coefficient (Wildman–Crippen LogP) is -0.428. The smallest absolute Gasteiger partial charge is 0.394 e. The van der Waals surface area contributed by atoms with E-state index in [2.05, 4.69) is 5.43 Å². The SMILES string of the molecule is CCCC(C(NC(=O)C(F)(F)F)NN1C(=O)CCC1=O)C1CC(O)C(CO)O1. The molecule has 0 radical (unpaired) electrons. The van der Waals surface area contributed by atoms with Crippen LogP contribution in [0.1, 0.15) is 39.0 Å². The van der Waals surface area contributed by atoms with Gasteiger partial charge in [0.25, 0.3) is 0 Å². The van der Waals surface area contributed by atoms with Crippen molar-refractivity contribution in [3.05, 3.63) is 0 Å². The van der Waals surface area contributed by atoms with E-state index in [9.17, 15) is 37.8 Å². The summed E-state index contributed by atoms with van der Waals surface area (Å²) in [6.07, 6.45) is -8.74. The number of amides is 3. The molecule has 28 heavy (non-hydrogen) atoms. The molecule has 2 fully saturated rings. The van der Waals surface area contributed by atoms with Crippen molar-refractivity contribution in [3.8, 4) is 0 Å². The van der Waals surface area contributed by atoms with Gasteiger partial charge in [0.1, 0.15) is 12.3 Å². The number of nitrogens with one attached hydrogen (secondary N) is 2. The Labute approximate surface area is 159 Å². The Morgan fingerprint density at radius 3 is 2.39 bits per heavy atom. The van der Waals surface area contributed by atoms with E-state index >= 15 is 0 Å². The Balaban J connectivity index is 2.26. The monoisotopic (exact) mass is 411 g/mol. The van der Waals surface area contributed by atoms with E-state index in [-0.39, 0.29) is 25.7 Å². The number of aliphatic hydroxyl groups is 2. The van der Waals surface area contributed by atoms with Gasteiger partial charge in [-0.3, -0.25) is 14.4 Å². The van der Waals surface area contributed by atoms with Crippen molar-refractivity contribution in [1.82, 2.24) is 15.8 Å². The molecule has 5 atom stereocenters. The molecule has 0 spiro atoms. The van der Waals surface area contributed by atoms with Crippen LogP contribution in [0, 0.1) is 5.92 Å². The summed E-state index contributed by atoms with van der Waals surface area (Å²) in [5.74, 6) is -4.27. The molecule has 9 nitrogen and oxygen atoms in total. The molecule has 2 rings (SSSR count). The summed E-state index contributed by atoms with van der Waals surface area (Å²) in [6.45, 7) is 1.28. The van der Waals surface area contributed by atoms with Gasteiger partial charge in [0.2, 0.25) is 11.8 Å². The number of hydrazine groups is 1. The molecule has 0 aromatic heterocycles. The molecule has 2 aliphatic rings. The minimum atomic E-state index is -5.17. The zero-order valence-corrected chi connectivity index (χ0v) is 15.2. The number of hydrogen-bond acceptors (Lipinski definition) is 7. The van der Waals surface area contributed by atoms with Gasteiger partial charge in [-0.2, -0.15) is 13.2 Å². The van der Waals surface area contributed by atoms with Crippen LogP contribution in [0.3, 0.4) is 0 Å². The Kier molecular flexibility index (Phi) is 7.37. The first-order valence-electron chi connectivity index (χ1n) is 9.02. The first-order valence-corrected chi connectivity index (χ1v) is 9.02. The molecule has 12 heteroatoms. The number of carbonyl (C=O) groups is 3. The Morgan fingerprint density at radius 1 is 1.32 bits per heavy atom. The lowest BCUT2D eigenvalue weighted by molar-refractivity contribution is -0.176. The van der Waals surface area contributed by atoms with E-state index in [4.69, 9.17) is 4.74 Å². The Hall–Kier alpha value is -1.76. The van der Waals surface area contributed by atoms with Crippen LogP contribution in [0.5, 0.6) is 0 Å². The topological polar surface area (TPSA) is 128 Å². The van der Waals surface area contributed by atoms with E-state index in [1.54, 1.807) is 12.2 Å². The summed E-state index contributed by atoms with van der Waals surface area (Å²) >= 11 is 0. The molecule has 2 aliphatic heterocycles. The van der Waals surface area contributed by atoms with E-state index in [1.807, 2.05) is 0 Å². The number of nitrogens with zero attached hydrogens (tertiary/aromatic N) is 1. The third kappa shape index (κ3) is 5.19. The van der Waals surface area contributed by atoms with Gasteiger partial charge in [0.15, 0.2) is 0 Å². The normalized spacial score (nSPS) is 27.9. The molecule has 0 aromatic carbocycles. The lowest BCUT2D eigenvalue weighted by Gasteiger charge is -2.34. The third-order valence-electron chi connectivity index (χ3n) is 4.82. The largest absolute Gasteiger partial charge is 0.471 e. The molecule has 3 amide bonds. The van der Waals surface area contributed by atoms with Crippen molar-refractivity contribution in [2.45, 2.75) is 69.7 Å². The van der Waals surface area contributed by atoms with Gasteiger partial charge in [0.05, 0.1) is 18.8 Å². The molecule has 160 valence electrons. The second-order valence-corrected chi connectivity index (χ2v) is 6.85. The fourth-order valence-corrected chi connectivity index (χ4v) is 3.42. The molecule has 0 aromatic rings. The highest BCUT2D eigenvalue weighted by molar-refractivity contribution is 6.01. The number of rotatable bonds is 8. The van der Waals surface area contributed by atoms with Crippen LogP contribution in [-0.2, 0) is 19.1 Å². The van der Waals surface area contributed by atoms with Gasteiger partial charge in [-0.15, -0.1) is 0 Å². The maximum Gasteiger partial charge on any atom is 0.471 e. The van der Waals surface area contributed by atoms with Crippen molar-refractivity contribution in [1.29, 1.82) is 0 Å². The van der Waals surface area contributed by atoms with Gasteiger partial charge in [0, 0.05) is 25.2 Å². The lowest BCUT2D eigenvalue weighted by Crippen LogP contribution is -2.61. The molecular weight excluding hydrogens is 387 g/mol. The number of aliphatic hydroxyl groups excluding tert-OH is 2. The standard InChI is InChI=1S/C16H24F3N3O6/c1-2-3-8(10-6-9(24)11(7-23)28-10)14(20-15(27)16(17,18)19)21-22-12(25)4-5-13(22)26/h8-11,14,21,23-24H,2-7H2,1H3,(H,20,27). The summed E-state index contributed by atoms with van der Waals surface area (Å²) < 4.78 is 43.9. The summed E-state index contributed by atoms with van der Waals surface area (Å²) in [4.78, 5) is 35.2. The van der Waals surface area contributed by atoms with Gasteiger partial charge in [-0.25, -0.2) is 10.4 Å². The third-order valence-corrected chi connectivity index (χ3v) is 4.82. The highest BCUT2D eigenvalue weighted by Gasteiger charge is 2.46. The van der Waals surface area contributed by atoms with Crippen molar-refractivity contribution in [2.24, 2.45) is 5.92 Å². The average molecular weight is 411 g/mol. The van der Waals surface area contributed by atoms with Crippen molar-refractivity contribution in [3.63, 3.8) is 0 Å². The predicted molar refractivity (Wildman–Crippen MR) is 87.0 cm³/mol. The molecule has 0 bridgehead atoms.